The number of ether oxygens (including phenoxy) is 1. The fourth-order valence-electron chi connectivity index (χ4n) is 4.97. The van der Waals surface area contributed by atoms with E-state index in [1.807, 2.05) is 0 Å². The third kappa shape index (κ3) is 1.74. The van der Waals surface area contributed by atoms with Crippen LogP contribution in [-0.4, -0.2) is 0 Å². The van der Waals surface area contributed by atoms with Crippen molar-refractivity contribution in [1.82, 2.24) is 0 Å². The van der Waals surface area contributed by atoms with Crippen molar-refractivity contribution in [3.63, 3.8) is 0 Å². The van der Waals surface area contributed by atoms with Gasteiger partial charge < -0.3 is 4.74 Å². The van der Waals surface area contributed by atoms with E-state index in [4.69, 9.17) is 4.74 Å². The molecule has 2 aliphatic rings. The van der Waals surface area contributed by atoms with E-state index in [0.29, 0.717) is 0 Å². The summed E-state index contributed by atoms with van der Waals surface area (Å²) in [6.07, 6.45) is 0. The van der Waals surface area contributed by atoms with Gasteiger partial charge >= 0.3 is 0 Å². The number of fused-ring (bicyclic) bond motifs is 9. The number of hydrogen-bond acceptors (Lipinski definition) is 1. The van der Waals surface area contributed by atoms with Crippen LogP contribution in [0.4, 0.5) is 0 Å². The molecule has 0 unspecified atom stereocenters. The molecule has 0 amide bonds. The lowest BCUT2D eigenvalue weighted by Crippen LogP contribution is -2.32. The monoisotopic (exact) mass is 346 g/mol. The van der Waals surface area contributed by atoms with Gasteiger partial charge in [-0.1, -0.05) is 84.4 Å². The van der Waals surface area contributed by atoms with Crippen LogP contribution in [0.5, 0.6) is 11.5 Å². The first-order valence-electron chi connectivity index (χ1n) is 9.38. The third-order valence-corrected chi connectivity index (χ3v) is 6.00. The Labute approximate surface area is 158 Å². The molecule has 27 heavy (non-hydrogen) atoms. The van der Waals surface area contributed by atoms with Crippen LogP contribution in [0, 0.1) is 6.92 Å². The molecule has 0 saturated heterocycles. The van der Waals surface area contributed by atoms with E-state index >= 15 is 0 Å². The van der Waals surface area contributed by atoms with E-state index in [9.17, 15) is 0 Å². The van der Waals surface area contributed by atoms with Crippen LogP contribution in [0.1, 0.15) is 27.8 Å². The summed E-state index contributed by atoms with van der Waals surface area (Å²) in [5.74, 6) is 1.89. The second-order valence-corrected chi connectivity index (χ2v) is 7.44. The zero-order valence-corrected chi connectivity index (χ0v) is 15.1. The van der Waals surface area contributed by atoms with E-state index in [1.54, 1.807) is 0 Å². The summed E-state index contributed by atoms with van der Waals surface area (Å²) < 4.78 is 6.35. The van der Waals surface area contributed by atoms with Gasteiger partial charge in [0.05, 0.1) is 5.41 Å². The van der Waals surface area contributed by atoms with Crippen molar-refractivity contribution in [2.24, 2.45) is 0 Å². The highest BCUT2D eigenvalue weighted by atomic mass is 16.5. The SMILES string of the molecule is Cc1ccc2c(c1)C1(c3ccccc3O2)c2ccccc2-c2ccccc21. The minimum Gasteiger partial charge on any atom is -0.457 e. The van der Waals surface area contributed by atoms with Crippen molar-refractivity contribution in [1.29, 1.82) is 0 Å². The lowest BCUT2D eigenvalue weighted by Gasteiger charge is -2.39. The molecular formula is C26H18O. The molecule has 0 radical (unpaired) electrons. The second kappa shape index (κ2) is 5.11. The number of rotatable bonds is 0. The first-order valence-corrected chi connectivity index (χ1v) is 9.38. The molecule has 128 valence electrons. The maximum Gasteiger partial charge on any atom is 0.132 e. The molecule has 0 bridgehead atoms. The normalized spacial score (nSPS) is 14.7. The fourth-order valence-corrected chi connectivity index (χ4v) is 4.97. The van der Waals surface area contributed by atoms with Crippen LogP contribution in [0.15, 0.2) is 91.0 Å². The van der Waals surface area contributed by atoms with Gasteiger partial charge in [0.15, 0.2) is 0 Å². The van der Waals surface area contributed by atoms with E-state index in [-0.39, 0.29) is 5.41 Å². The third-order valence-electron chi connectivity index (χ3n) is 6.00. The molecule has 4 aromatic rings. The fraction of sp³-hybridized carbons (Fsp3) is 0.0769. The Morgan fingerprint density at radius 3 is 1.81 bits per heavy atom. The summed E-state index contributed by atoms with van der Waals surface area (Å²) >= 11 is 0. The van der Waals surface area contributed by atoms with E-state index < -0.39 is 0 Å². The minimum absolute atomic E-state index is 0.330. The quantitative estimate of drug-likeness (QED) is 0.306. The molecule has 0 saturated carbocycles. The highest BCUT2D eigenvalue weighted by Crippen LogP contribution is 2.61. The van der Waals surface area contributed by atoms with Gasteiger partial charge in [-0.05, 0) is 41.3 Å². The summed E-state index contributed by atoms with van der Waals surface area (Å²) in [5, 5.41) is 0. The van der Waals surface area contributed by atoms with Gasteiger partial charge in [-0.3, -0.25) is 0 Å². The molecule has 0 fully saturated rings. The largest absolute Gasteiger partial charge is 0.457 e. The van der Waals surface area contributed by atoms with Crippen LogP contribution in [0.3, 0.4) is 0 Å². The van der Waals surface area contributed by atoms with Crippen LogP contribution < -0.4 is 4.74 Å². The van der Waals surface area contributed by atoms with Crippen molar-refractivity contribution in [2.45, 2.75) is 12.3 Å². The van der Waals surface area contributed by atoms with Crippen LogP contribution in [0.25, 0.3) is 11.1 Å². The number of para-hydroxylation sites is 1. The van der Waals surface area contributed by atoms with Gasteiger partial charge in [0.1, 0.15) is 11.5 Å². The van der Waals surface area contributed by atoms with Crippen molar-refractivity contribution >= 4 is 0 Å². The molecular weight excluding hydrogens is 328 g/mol. The molecule has 4 aromatic carbocycles. The molecule has 0 aromatic heterocycles. The Bertz CT molecular complexity index is 1170. The first kappa shape index (κ1) is 14.8. The summed E-state index contributed by atoms with van der Waals surface area (Å²) in [4.78, 5) is 0. The van der Waals surface area contributed by atoms with Gasteiger partial charge in [0.2, 0.25) is 0 Å². The molecule has 0 N–H and O–H groups in total. The predicted molar refractivity (Wildman–Crippen MR) is 109 cm³/mol. The zero-order chi connectivity index (χ0) is 18.0. The average Bonchev–Trinajstić information content (AvgIpc) is 3.01. The van der Waals surface area contributed by atoms with Crippen LogP contribution in [0.2, 0.25) is 0 Å². The summed E-state index contributed by atoms with van der Waals surface area (Å²) in [6, 6.07) is 32.7. The average molecular weight is 346 g/mol. The Morgan fingerprint density at radius 2 is 1.11 bits per heavy atom. The van der Waals surface area contributed by atoms with Gasteiger partial charge in [-0.2, -0.15) is 0 Å². The van der Waals surface area contributed by atoms with E-state index in [2.05, 4.69) is 97.9 Å². The standard InChI is InChI=1S/C26H18O/c1-17-14-15-25-23(16-17)26(22-12-6-7-13-24(22)27-25)20-10-4-2-8-18(20)19-9-3-5-11-21(19)26/h2-16H,1H3. The van der Waals surface area contributed by atoms with Crippen molar-refractivity contribution in [3.8, 4) is 22.6 Å². The van der Waals surface area contributed by atoms with E-state index in [1.165, 1.54) is 38.9 Å². The molecule has 6 rings (SSSR count). The van der Waals surface area contributed by atoms with Gasteiger partial charge in [0.25, 0.3) is 0 Å². The Morgan fingerprint density at radius 1 is 0.556 bits per heavy atom. The van der Waals surface area contributed by atoms with Crippen molar-refractivity contribution in [3.05, 3.63) is 119 Å². The van der Waals surface area contributed by atoms with Gasteiger partial charge in [-0.15, -0.1) is 0 Å². The Kier molecular flexibility index (Phi) is 2.80. The maximum atomic E-state index is 6.35. The smallest absolute Gasteiger partial charge is 0.132 e. The molecule has 1 heterocycles. The first-order chi connectivity index (χ1) is 13.3. The molecule has 1 spiro atoms. The van der Waals surface area contributed by atoms with Gasteiger partial charge in [-0.25, -0.2) is 0 Å². The van der Waals surface area contributed by atoms with Crippen molar-refractivity contribution < 1.29 is 4.74 Å². The molecule has 1 heteroatoms. The molecule has 1 aliphatic heterocycles. The zero-order valence-electron chi connectivity index (χ0n) is 15.1. The van der Waals surface area contributed by atoms with Gasteiger partial charge in [0, 0.05) is 11.1 Å². The number of benzene rings is 4. The highest BCUT2D eigenvalue weighted by molar-refractivity contribution is 5.88. The lowest BCUT2D eigenvalue weighted by molar-refractivity contribution is 0.436. The maximum absolute atomic E-state index is 6.35. The number of aryl methyl sites for hydroxylation is 1. The van der Waals surface area contributed by atoms with Crippen LogP contribution >= 0.6 is 0 Å². The topological polar surface area (TPSA) is 9.23 Å². The summed E-state index contributed by atoms with van der Waals surface area (Å²) in [7, 11) is 0. The number of hydrogen-bond donors (Lipinski definition) is 0. The summed E-state index contributed by atoms with van der Waals surface area (Å²) in [6.45, 7) is 2.15. The Balaban J connectivity index is 1.86. The molecule has 1 nitrogen and oxygen atoms in total. The van der Waals surface area contributed by atoms with Crippen LogP contribution in [-0.2, 0) is 5.41 Å². The Hall–Kier alpha value is -3.32. The lowest BCUT2D eigenvalue weighted by atomic mass is 9.66. The van der Waals surface area contributed by atoms with Crippen molar-refractivity contribution in [2.75, 3.05) is 0 Å². The van der Waals surface area contributed by atoms with E-state index in [0.717, 1.165) is 11.5 Å². The molecule has 1 aliphatic carbocycles. The second-order valence-electron chi connectivity index (χ2n) is 7.44. The molecule has 0 atom stereocenters. The predicted octanol–water partition coefficient (Wildman–Crippen LogP) is 6.46. The highest BCUT2D eigenvalue weighted by Gasteiger charge is 2.50. The minimum atomic E-state index is -0.330. The summed E-state index contributed by atoms with van der Waals surface area (Å²) in [5.41, 5.74) is 8.69.